The molecule has 2 amide bonds. The molecule has 30 heavy (non-hydrogen) atoms. The monoisotopic (exact) mass is 427 g/mol. The van der Waals surface area contributed by atoms with Gasteiger partial charge in [-0.3, -0.25) is 9.59 Å². The summed E-state index contributed by atoms with van der Waals surface area (Å²) in [5, 5.41) is 0.344. The number of carbonyl (C=O) groups is 2. The van der Waals surface area contributed by atoms with E-state index in [1.165, 1.54) is 5.56 Å². The van der Waals surface area contributed by atoms with Crippen LogP contribution in [-0.2, 0) is 11.3 Å². The summed E-state index contributed by atoms with van der Waals surface area (Å²) in [4.78, 5) is 29.3. The number of amides is 2. The highest BCUT2D eigenvalue weighted by Gasteiger charge is 2.33. The second kappa shape index (κ2) is 8.19. The second-order valence-corrected chi connectivity index (χ2v) is 8.69. The number of aromatic nitrogens is 1. The van der Waals surface area contributed by atoms with Crippen molar-refractivity contribution >= 4 is 34.5 Å². The summed E-state index contributed by atoms with van der Waals surface area (Å²) < 4.78 is 7.63. The zero-order valence-corrected chi connectivity index (χ0v) is 18.2. The topological polar surface area (TPSA) is 58.7 Å². The number of piperazine rings is 1. The van der Waals surface area contributed by atoms with Crippen molar-refractivity contribution in [3.63, 3.8) is 0 Å². The van der Waals surface area contributed by atoms with Gasteiger partial charge in [0.05, 0.1) is 12.8 Å². The van der Waals surface area contributed by atoms with Gasteiger partial charge in [-0.25, -0.2) is 0 Å². The summed E-state index contributed by atoms with van der Waals surface area (Å²) in [7, 11) is 0. The number of halogens is 1. The first kappa shape index (κ1) is 20.5. The van der Waals surface area contributed by atoms with Gasteiger partial charge in [-0.05, 0) is 38.5 Å². The van der Waals surface area contributed by atoms with Crippen LogP contribution >= 0.6 is 11.6 Å². The number of benzene rings is 1. The van der Waals surface area contributed by atoms with E-state index in [9.17, 15) is 9.59 Å². The van der Waals surface area contributed by atoms with Crippen molar-refractivity contribution in [3.05, 3.63) is 59.5 Å². The molecule has 0 bridgehead atoms. The average molecular weight is 428 g/mol. The molecule has 0 spiro atoms. The third-order valence-corrected chi connectivity index (χ3v) is 5.87. The Balaban J connectivity index is 1.60. The summed E-state index contributed by atoms with van der Waals surface area (Å²) in [6.45, 7) is 7.68. The van der Waals surface area contributed by atoms with Gasteiger partial charge in [0.15, 0.2) is 0 Å². The van der Waals surface area contributed by atoms with E-state index >= 15 is 0 Å². The van der Waals surface area contributed by atoms with Crippen LogP contribution in [0.5, 0.6) is 0 Å². The third kappa shape index (κ3) is 3.84. The van der Waals surface area contributed by atoms with Crippen LogP contribution in [0.25, 0.3) is 11.1 Å². The van der Waals surface area contributed by atoms with Crippen molar-refractivity contribution in [2.45, 2.75) is 38.7 Å². The Morgan fingerprint density at radius 1 is 1.23 bits per heavy atom. The first-order valence-electron chi connectivity index (χ1n) is 10.2. The van der Waals surface area contributed by atoms with Crippen LogP contribution in [0.15, 0.2) is 47.1 Å². The zero-order chi connectivity index (χ0) is 21.4. The van der Waals surface area contributed by atoms with Crippen molar-refractivity contribution in [2.75, 3.05) is 19.6 Å². The molecule has 1 aromatic carbocycles. The fourth-order valence-corrected chi connectivity index (χ4v) is 4.29. The van der Waals surface area contributed by atoms with Crippen molar-refractivity contribution in [2.24, 2.45) is 0 Å². The van der Waals surface area contributed by atoms with E-state index < -0.39 is 5.38 Å². The van der Waals surface area contributed by atoms with E-state index in [1.807, 2.05) is 34.6 Å². The number of nitrogens with zero attached hydrogens (tertiary/aromatic N) is 3. The molecule has 1 aliphatic heterocycles. The molecule has 0 unspecified atom stereocenters. The number of hydrogen-bond donors (Lipinski definition) is 0. The number of fused-ring (bicyclic) bond motifs is 1. The Morgan fingerprint density at radius 3 is 2.73 bits per heavy atom. The maximum Gasteiger partial charge on any atom is 0.270 e. The van der Waals surface area contributed by atoms with Gasteiger partial charge in [-0.2, -0.15) is 0 Å². The van der Waals surface area contributed by atoms with Gasteiger partial charge < -0.3 is 18.8 Å². The lowest BCUT2D eigenvalue weighted by molar-refractivity contribution is -0.134. The van der Waals surface area contributed by atoms with Crippen LogP contribution in [-0.4, -0.2) is 57.2 Å². The Bertz CT molecular complexity index is 1080. The minimum absolute atomic E-state index is 0.0491. The summed E-state index contributed by atoms with van der Waals surface area (Å²) >= 11 is 5.98. The minimum atomic E-state index is -0.562. The van der Waals surface area contributed by atoms with Crippen molar-refractivity contribution in [1.29, 1.82) is 0 Å². The smallest absolute Gasteiger partial charge is 0.270 e. The van der Waals surface area contributed by atoms with E-state index in [2.05, 4.69) is 25.1 Å². The molecule has 1 aliphatic rings. The summed E-state index contributed by atoms with van der Waals surface area (Å²) in [6.07, 6.45) is 1.64. The molecule has 3 heterocycles. The number of rotatable bonds is 4. The average Bonchev–Trinajstić information content (AvgIpc) is 3.29. The number of alkyl halides is 1. The van der Waals surface area contributed by atoms with E-state index in [1.54, 1.807) is 18.1 Å². The molecular weight excluding hydrogens is 402 g/mol. The van der Waals surface area contributed by atoms with E-state index in [-0.39, 0.29) is 17.9 Å². The highest BCUT2D eigenvalue weighted by molar-refractivity contribution is 6.30. The Labute approximate surface area is 181 Å². The van der Waals surface area contributed by atoms with Gasteiger partial charge in [0, 0.05) is 31.1 Å². The molecule has 0 aliphatic carbocycles. The molecule has 6 nitrogen and oxygen atoms in total. The van der Waals surface area contributed by atoms with Gasteiger partial charge in [-0.15, -0.1) is 11.6 Å². The Hall–Kier alpha value is -2.73. The SMILES string of the molecule is Cc1cccc(Cn2c(C(=O)N3CCN(C(=O)[C@@H](C)Cl)[C@H](C)C3)cc3ccoc32)c1. The summed E-state index contributed by atoms with van der Waals surface area (Å²) in [5.41, 5.74) is 3.57. The molecule has 0 saturated carbocycles. The molecule has 3 aromatic rings. The molecule has 2 aromatic heterocycles. The molecule has 0 radical (unpaired) electrons. The molecule has 1 fully saturated rings. The van der Waals surface area contributed by atoms with Crippen LogP contribution in [0.1, 0.15) is 35.5 Å². The van der Waals surface area contributed by atoms with Gasteiger partial charge >= 0.3 is 0 Å². The van der Waals surface area contributed by atoms with Gasteiger partial charge in [0.1, 0.15) is 11.1 Å². The maximum absolute atomic E-state index is 13.4. The molecule has 158 valence electrons. The van der Waals surface area contributed by atoms with Crippen molar-refractivity contribution in [3.8, 4) is 0 Å². The largest absolute Gasteiger partial charge is 0.448 e. The van der Waals surface area contributed by atoms with Gasteiger partial charge in [0.25, 0.3) is 5.91 Å². The maximum atomic E-state index is 13.4. The van der Waals surface area contributed by atoms with Gasteiger partial charge in [0.2, 0.25) is 11.6 Å². The normalized spacial score (nSPS) is 18.1. The fraction of sp³-hybridized carbons (Fsp3) is 0.391. The fourth-order valence-electron chi connectivity index (χ4n) is 4.16. The lowest BCUT2D eigenvalue weighted by atomic mass is 10.1. The van der Waals surface area contributed by atoms with Crippen molar-refractivity contribution < 1.29 is 14.0 Å². The molecule has 4 rings (SSSR count). The number of hydrogen-bond acceptors (Lipinski definition) is 3. The van der Waals surface area contributed by atoms with E-state index in [4.69, 9.17) is 16.0 Å². The first-order chi connectivity index (χ1) is 14.3. The lowest BCUT2D eigenvalue weighted by Crippen LogP contribution is -2.56. The quantitative estimate of drug-likeness (QED) is 0.593. The Morgan fingerprint density at radius 2 is 2.03 bits per heavy atom. The lowest BCUT2D eigenvalue weighted by Gasteiger charge is -2.40. The van der Waals surface area contributed by atoms with Crippen LogP contribution < -0.4 is 0 Å². The first-order valence-corrected chi connectivity index (χ1v) is 10.6. The molecule has 1 saturated heterocycles. The van der Waals surface area contributed by atoms with Crippen LogP contribution in [0.2, 0.25) is 0 Å². The predicted molar refractivity (Wildman–Crippen MR) is 117 cm³/mol. The second-order valence-electron chi connectivity index (χ2n) is 8.03. The number of carbonyl (C=O) groups excluding carboxylic acids is 2. The summed E-state index contributed by atoms with van der Waals surface area (Å²) in [6, 6.07) is 11.9. The predicted octanol–water partition coefficient (Wildman–Crippen LogP) is 3.89. The Kier molecular flexibility index (Phi) is 5.60. The van der Waals surface area contributed by atoms with E-state index in [0.717, 1.165) is 10.9 Å². The standard InChI is InChI=1S/C23H26ClN3O3/c1-15-5-4-6-18(11-15)14-27-20(12-19-7-10-30-23(19)27)22(29)25-8-9-26(16(2)13-25)21(28)17(3)24/h4-7,10-12,16-17H,8-9,13-14H2,1-3H3/t16-,17-/m1/s1. The highest BCUT2D eigenvalue weighted by atomic mass is 35.5. The third-order valence-electron chi connectivity index (χ3n) is 5.68. The van der Waals surface area contributed by atoms with Crippen LogP contribution in [0.3, 0.4) is 0 Å². The van der Waals surface area contributed by atoms with E-state index in [0.29, 0.717) is 37.6 Å². The van der Waals surface area contributed by atoms with Crippen LogP contribution in [0.4, 0.5) is 0 Å². The number of aryl methyl sites for hydroxylation is 1. The minimum Gasteiger partial charge on any atom is -0.448 e. The van der Waals surface area contributed by atoms with Crippen LogP contribution in [0, 0.1) is 6.92 Å². The molecular formula is C23H26ClN3O3. The summed E-state index contributed by atoms with van der Waals surface area (Å²) in [5.74, 6) is -0.136. The molecule has 7 heteroatoms. The number of furan rings is 1. The zero-order valence-electron chi connectivity index (χ0n) is 17.5. The highest BCUT2D eigenvalue weighted by Crippen LogP contribution is 2.25. The van der Waals surface area contributed by atoms with Gasteiger partial charge in [-0.1, -0.05) is 29.8 Å². The molecule has 2 atom stereocenters. The van der Waals surface area contributed by atoms with Crippen molar-refractivity contribution in [1.82, 2.24) is 14.4 Å². The molecule has 0 N–H and O–H groups in total.